The van der Waals surface area contributed by atoms with Gasteiger partial charge in [-0.25, -0.2) is 4.90 Å². The Balaban J connectivity index is 1.79. The molecule has 1 aliphatic heterocycles. The first kappa shape index (κ1) is 19.0. The number of rotatable bonds is 5. The lowest BCUT2D eigenvalue weighted by Crippen LogP contribution is -2.32. The highest BCUT2D eigenvalue weighted by Crippen LogP contribution is 2.36. The van der Waals surface area contributed by atoms with Gasteiger partial charge in [0.05, 0.1) is 18.4 Å². The van der Waals surface area contributed by atoms with Gasteiger partial charge in [-0.15, -0.1) is 11.3 Å². The minimum absolute atomic E-state index is 0.268. The molecule has 0 saturated carbocycles. The molecule has 1 aliphatic rings. The van der Waals surface area contributed by atoms with E-state index in [9.17, 15) is 9.59 Å². The molecule has 0 bridgehead atoms. The number of benzene rings is 2. The summed E-state index contributed by atoms with van der Waals surface area (Å²) < 4.78 is 5.26. The van der Waals surface area contributed by atoms with Gasteiger partial charge in [0.2, 0.25) is 0 Å². The first-order chi connectivity index (χ1) is 14.0. The van der Waals surface area contributed by atoms with Gasteiger partial charge in [-0.3, -0.25) is 9.59 Å². The number of imide groups is 1. The number of amides is 2. The van der Waals surface area contributed by atoms with Gasteiger partial charge in [0, 0.05) is 16.6 Å². The molecule has 0 aliphatic carbocycles. The molecule has 6 heteroatoms. The number of nitrogens with zero attached hydrogens (tertiary/aromatic N) is 1. The van der Waals surface area contributed by atoms with Crippen LogP contribution >= 0.6 is 11.3 Å². The number of nitrogens with one attached hydrogen (secondary N) is 1. The summed E-state index contributed by atoms with van der Waals surface area (Å²) in [7, 11) is 1.58. The van der Waals surface area contributed by atoms with E-state index in [1.807, 2.05) is 61.7 Å². The number of carbonyl (C=O) groups is 2. The highest BCUT2D eigenvalue weighted by molar-refractivity contribution is 7.11. The standard InChI is InChI=1S/C23H20N2O3S/c1-14-9-10-17(12-15(14)2)25-22(26)20(19-8-5-11-29-19)21(23(25)27)24-16-6-4-7-18(13-16)28-3/h4-13,24H,1-3H3. The molecule has 0 spiro atoms. The van der Waals surface area contributed by atoms with Gasteiger partial charge < -0.3 is 10.1 Å². The number of hydrogen-bond acceptors (Lipinski definition) is 5. The average molecular weight is 404 g/mol. The molecule has 29 heavy (non-hydrogen) atoms. The van der Waals surface area contributed by atoms with Crippen molar-refractivity contribution in [2.75, 3.05) is 17.3 Å². The molecule has 0 unspecified atom stereocenters. The van der Waals surface area contributed by atoms with Crippen molar-refractivity contribution in [3.05, 3.63) is 81.7 Å². The molecule has 0 radical (unpaired) electrons. The van der Waals surface area contributed by atoms with Gasteiger partial charge in [0.15, 0.2) is 0 Å². The summed E-state index contributed by atoms with van der Waals surface area (Å²) >= 11 is 1.43. The number of aryl methyl sites for hydroxylation is 2. The first-order valence-corrected chi connectivity index (χ1v) is 10.0. The minimum atomic E-state index is -0.371. The first-order valence-electron chi connectivity index (χ1n) is 9.15. The lowest BCUT2D eigenvalue weighted by molar-refractivity contribution is -0.120. The van der Waals surface area contributed by atoms with Crippen LogP contribution in [0.3, 0.4) is 0 Å². The van der Waals surface area contributed by atoms with Crippen LogP contribution in [0.25, 0.3) is 5.57 Å². The van der Waals surface area contributed by atoms with E-state index in [1.54, 1.807) is 19.2 Å². The molecule has 146 valence electrons. The van der Waals surface area contributed by atoms with Crippen LogP contribution in [0.4, 0.5) is 11.4 Å². The Morgan fingerprint density at radius 3 is 2.45 bits per heavy atom. The third kappa shape index (κ3) is 3.43. The van der Waals surface area contributed by atoms with E-state index in [0.29, 0.717) is 22.7 Å². The summed E-state index contributed by atoms with van der Waals surface area (Å²) in [6, 6.07) is 16.6. The molecular formula is C23H20N2O3S. The van der Waals surface area contributed by atoms with Gasteiger partial charge in [-0.2, -0.15) is 0 Å². The molecule has 1 aromatic heterocycles. The van der Waals surface area contributed by atoms with E-state index in [-0.39, 0.29) is 17.5 Å². The van der Waals surface area contributed by atoms with E-state index in [0.717, 1.165) is 16.0 Å². The number of ether oxygens (including phenoxy) is 1. The summed E-state index contributed by atoms with van der Waals surface area (Å²) in [4.78, 5) is 28.6. The summed E-state index contributed by atoms with van der Waals surface area (Å²) in [5, 5.41) is 5.04. The van der Waals surface area contributed by atoms with Crippen LogP contribution < -0.4 is 15.0 Å². The van der Waals surface area contributed by atoms with Crippen molar-refractivity contribution in [3.8, 4) is 5.75 Å². The lowest BCUT2D eigenvalue weighted by atomic mass is 10.1. The zero-order valence-electron chi connectivity index (χ0n) is 16.4. The summed E-state index contributed by atoms with van der Waals surface area (Å²) in [6.45, 7) is 3.96. The Morgan fingerprint density at radius 1 is 0.931 bits per heavy atom. The molecule has 4 rings (SSSR count). The van der Waals surface area contributed by atoms with Crippen molar-refractivity contribution < 1.29 is 14.3 Å². The third-order valence-electron chi connectivity index (χ3n) is 4.94. The van der Waals surface area contributed by atoms with Crippen LogP contribution in [-0.4, -0.2) is 18.9 Å². The fourth-order valence-electron chi connectivity index (χ4n) is 3.24. The lowest BCUT2D eigenvalue weighted by Gasteiger charge is -2.16. The van der Waals surface area contributed by atoms with Gasteiger partial charge in [-0.05, 0) is 60.7 Å². The van der Waals surface area contributed by atoms with Crippen molar-refractivity contribution in [3.63, 3.8) is 0 Å². The smallest absolute Gasteiger partial charge is 0.282 e. The van der Waals surface area contributed by atoms with E-state index >= 15 is 0 Å². The highest BCUT2D eigenvalue weighted by atomic mass is 32.1. The van der Waals surface area contributed by atoms with Crippen molar-refractivity contribution >= 4 is 40.1 Å². The molecule has 3 aromatic rings. The second-order valence-corrected chi connectivity index (χ2v) is 7.75. The highest BCUT2D eigenvalue weighted by Gasteiger charge is 2.40. The summed E-state index contributed by atoms with van der Waals surface area (Å²) in [5.74, 6) is -0.0355. The molecule has 2 aromatic carbocycles. The van der Waals surface area contributed by atoms with Gasteiger partial charge >= 0.3 is 0 Å². The Bertz CT molecular complexity index is 1130. The molecule has 2 amide bonds. The van der Waals surface area contributed by atoms with Crippen LogP contribution in [0.15, 0.2) is 65.7 Å². The maximum Gasteiger partial charge on any atom is 0.282 e. The van der Waals surface area contributed by atoms with Gasteiger partial charge in [0.1, 0.15) is 11.4 Å². The van der Waals surface area contributed by atoms with Crippen LogP contribution in [0.2, 0.25) is 0 Å². The topological polar surface area (TPSA) is 58.6 Å². The Hall–Kier alpha value is -3.38. The molecule has 1 N–H and O–H groups in total. The second-order valence-electron chi connectivity index (χ2n) is 6.80. The van der Waals surface area contributed by atoms with Crippen LogP contribution in [0.5, 0.6) is 5.75 Å². The number of methoxy groups -OCH3 is 1. The number of anilines is 2. The number of carbonyl (C=O) groups excluding carboxylic acids is 2. The van der Waals surface area contributed by atoms with E-state index in [1.165, 1.54) is 16.2 Å². The molecule has 5 nitrogen and oxygen atoms in total. The predicted molar refractivity (Wildman–Crippen MR) is 116 cm³/mol. The number of thiophene rings is 1. The van der Waals surface area contributed by atoms with E-state index in [4.69, 9.17) is 4.74 Å². The molecular weight excluding hydrogens is 384 g/mol. The fraction of sp³-hybridized carbons (Fsp3) is 0.130. The van der Waals surface area contributed by atoms with Crippen molar-refractivity contribution in [1.82, 2.24) is 0 Å². The fourth-order valence-corrected chi connectivity index (χ4v) is 4.01. The minimum Gasteiger partial charge on any atom is -0.497 e. The summed E-state index contributed by atoms with van der Waals surface area (Å²) in [5.41, 5.74) is 4.02. The molecule has 2 heterocycles. The maximum atomic E-state index is 13.3. The van der Waals surface area contributed by atoms with E-state index < -0.39 is 0 Å². The number of hydrogen-bond donors (Lipinski definition) is 1. The quantitative estimate of drug-likeness (QED) is 0.623. The van der Waals surface area contributed by atoms with Gasteiger partial charge in [-0.1, -0.05) is 18.2 Å². The Morgan fingerprint density at radius 2 is 1.76 bits per heavy atom. The van der Waals surface area contributed by atoms with Crippen LogP contribution in [0, 0.1) is 13.8 Å². The monoisotopic (exact) mass is 404 g/mol. The van der Waals surface area contributed by atoms with E-state index in [2.05, 4.69) is 5.32 Å². The van der Waals surface area contributed by atoms with Crippen molar-refractivity contribution in [2.45, 2.75) is 13.8 Å². The zero-order valence-corrected chi connectivity index (χ0v) is 17.2. The normalized spacial score (nSPS) is 14.0. The average Bonchev–Trinajstić information content (AvgIpc) is 3.31. The molecule has 0 saturated heterocycles. The van der Waals surface area contributed by atoms with Gasteiger partial charge in [0.25, 0.3) is 11.8 Å². The van der Waals surface area contributed by atoms with Crippen molar-refractivity contribution in [1.29, 1.82) is 0 Å². The molecule has 0 fully saturated rings. The Labute approximate surface area is 173 Å². The third-order valence-corrected chi connectivity index (χ3v) is 5.83. The largest absolute Gasteiger partial charge is 0.497 e. The Kier molecular flexibility index (Phi) is 4.94. The molecule has 0 atom stereocenters. The SMILES string of the molecule is COc1cccc(NC2=C(c3cccs3)C(=O)N(c3ccc(C)c(C)c3)C2=O)c1. The van der Waals surface area contributed by atoms with Crippen LogP contribution in [0.1, 0.15) is 16.0 Å². The zero-order chi connectivity index (χ0) is 20.5. The van der Waals surface area contributed by atoms with Crippen molar-refractivity contribution in [2.24, 2.45) is 0 Å². The van der Waals surface area contributed by atoms with Crippen LogP contribution in [-0.2, 0) is 9.59 Å². The second kappa shape index (κ2) is 7.56. The predicted octanol–water partition coefficient (Wildman–Crippen LogP) is 4.77. The maximum absolute atomic E-state index is 13.3. The summed E-state index contributed by atoms with van der Waals surface area (Å²) in [6.07, 6.45) is 0.